The van der Waals surface area contributed by atoms with E-state index in [9.17, 15) is 30.0 Å². The number of ether oxygens (including phenoxy) is 4. The van der Waals surface area contributed by atoms with E-state index >= 15 is 0 Å². The molecule has 4 rings (SSSR count). The molecule has 0 saturated carbocycles. The van der Waals surface area contributed by atoms with E-state index in [-0.39, 0.29) is 11.1 Å². The molecule has 2 heterocycles. The highest BCUT2D eigenvalue weighted by Crippen LogP contribution is 2.54. The molecule has 2 saturated heterocycles. The molecule has 0 radical (unpaired) electrons. The largest absolute Gasteiger partial charge is 0.451 e. The molecule has 6 atom stereocenters. The van der Waals surface area contributed by atoms with Crippen molar-refractivity contribution in [2.24, 2.45) is 0 Å². The van der Waals surface area contributed by atoms with E-state index in [0.717, 1.165) is 0 Å². The predicted octanol–water partition coefficient (Wildman–Crippen LogP) is 0.0296. The molecule has 182 valence electrons. The predicted molar refractivity (Wildman–Crippen MR) is 115 cm³/mol. The number of esters is 2. The van der Waals surface area contributed by atoms with Crippen LogP contribution in [-0.4, -0.2) is 87.5 Å². The van der Waals surface area contributed by atoms with Crippen molar-refractivity contribution in [1.29, 1.82) is 0 Å². The van der Waals surface area contributed by atoms with Crippen LogP contribution in [0.1, 0.15) is 27.6 Å². The topological polar surface area (TPSA) is 152 Å². The van der Waals surface area contributed by atoms with Crippen LogP contribution in [0, 0.1) is 0 Å². The Morgan fingerprint density at radius 2 is 1.35 bits per heavy atom. The Morgan fingerprint density at radius 1 is 0.853 bits per heavy atom. The molecule has 2 aromatic rings. The van der Waals surface area contributed by atoms with Gasteiger partial charge in [-0.2, -0.15) is 0 Å². The first-order valence-electron chi connectivity index (χ1n) is 10.7. The minimum absolute atomic E-state index is 0.155. The molecule has 0 aliphatic carbocycles. The maximum Gasteiger partial charge on any atom is 0.338 e. The van der Waals surface area contributed by atoms with Gasteiger partial charge in [-0.15, -0.1) is 0 Å². The van der Waals surface area contributed by atoms with Gasteiger partial charge in [-0.05, 0) is 31.2 Å². The van der Waals surface area contributed by atoms with E-state index in [0.29, 0.717) is 0 Å². The number of hydrogen-bond donors (Lipinski definition) is 4. The molecule has 2 bridgehead atoms. The third-order valence-corrected chi connectivity index (χ3v) is 6.41. The van der Waals surface area contributed by atoms with Crippen LogP contribution in [0.3, 0.4) is 0 Å². The van der Waals surface area contributed by atoms with Crippen molar-refractivity contribution < 1.29 is 49.0 Å². The highest BCUT2D eigenvalue weighted by Gasteiger charge is 2.78. The fraction of sp³-hybridized carbons (Fsp3) is 0.417. The molecule has 0 amide bonds. The van der Waals surface area contributed by atoms with Gasteiger partial charge >= 0.3 is 11.9 Å². The zero-order valence-electron chi connectivity index (χ0n) is 18.4. The molecule has 4 N–H and O–H groups in total. The molecule has 2 aromatic carbocycles. The summed E-state index contributed by atoms with van der Waals surface area (Å²) in [7, 11) is 0. The van der Waals surface area contributed by atoms with Gasteiger partial charge in [-0.3, -0.25) is 0 Å². The Kier molecular flexibility index (Phi) is 6.47. The number of rotatable bonds is 7. The summed E-state index contributed by atoms with van der Waals surface area (Å²) in [5.74, 6) is -3.49. The van der Waals surface area contributed by atoms with Crippen LogP contribution >= 0.6 is 0 Å². The molecule has 0 aromatic heterocycles. The first kappa shape index (κ1) is 24.3. The number of carbonyl (C=O) groups is 2. The fourth-order valence-corrected chi connectivity index (χ4v) is 4.60. The van der Waals surface area contributed by atoms with E-state index < -0.39 is 67.1 Å². The van der Waals surface area contributed by atoms with E-state index in [2.05, 4.69) is 0 Å². The average Bonchev–Trinajstić information content (AvgIpc) is 3.08. The van der Waals surface area contributed by atoms with E-state index in [1.54, 1.807) is 36.4 Å². The maximum absolute atomic E-state index is 13.0. The number of carbonyl (C=O) groups excluding carboxylic acids is 2. The van der Waals surface area contributed by atoms with Crippen LogP contribution in [0.4, 0.5) is 0 Å². The summed E-state index contributed by atoms with van der Waals surface area (Å²) in [6, 6.07) is 15.9. The first-order chi connectivity index (χ1) is 16.2. The minimum Gasteiger partial charge on any atom is -0.451 e. The molecule has 2 aliphatic heterocycles. The van der Waals surface area contributed by atoms with Crippen molar-refractivity contribution in [3.63, 3.8) is 0 Å². The molecule has 10 nitrogen and oxygen atoms in total. The molecule has 10 heteroatoms. The summed E-state index contributed by atoms with van der Waals surface area (Å²) in [6.45, 7) is -1.37. The number of aliphatic hydroxyl groups is 4. The molecule has 2 aliphatic rings. The van der Waals surface area contributed by atoms with Crippen LogP contribution in [0.5, 0.6) is 0 Å². The van der Waals surface area contributed by atoms with Gasteiger partial charge in [0.15, 0.2) is 23.4 Å². The molecular weight excluding hydrogens is 448 g/mol. The van der Waals surface area contributed by atoms with E-state index in [1.165, 1.54) is 31.2 Å². The lowest BCUT2D eigenvalue weighted by Crippen LogP contribution is -2.74. The van der Waals surface area contributed by atoms with Crippen LogP contribution in [0.15, 0.2) is 60.7 Å². The number of fused-ring (bicyclic) bond motifs is 2. The van der Waals surface area contributed by atoms with Gasteiger partial charge in [0.25, 0.3) is 0 Å². The third kappa shape index (κ3) is 3.68. The van der Waals surface area contributed by atoms with Crippen molar-refractivity contribution in [3.05, 3.63) is 71.8 Å². The van der Waals surface area contributed by atoms with Crippen LogP contribution < -0.4 is 0 Å². The highest BCUT2D eigenvalue weighted by atomic mass is 16.8. The molecule has 34 heavy (non-hydrogen) atoms. The van der Waals surface area contributed by atoms with Gasteiger partial charge in [0.2, 0.25) is 5.79 Å². The minimum atomic E-state index is -2.41. The van der Waals surface area contributed by atoms with Crippen LogP contribution in [0.2, 0.25) is 0 Å². The second-order valence-corrected chi connectivity index (χ2v) is 8.42. The third-order valence-electron chi connectivity index (χ3n) is 6.41. The molecular formula is C24H26O10. The van der Waals surface area contributed by atoms with Crippen molar-refractivity contribution in [1.82, 2.24) is 0 Å². The Morgan fingerprint density at radius 3 is 1.79 bits per heavy atom. The second-order valence-electron chi connectivity index (χ2n) is 8.42. The number of benzene rings is 2. The van der Waals surface area contributed by atoms with Crippen molar-refractivity contribution >= 4 is 11.9 Å². The molecule has 0 spiro atoms. The monoisotopic (exact) mass is 474 g/mol. The van der Waals surface area contributed by atoms with Crippen molar-refractivity contribution in [2.75, 3.05) is 19.8 Å². The van der Waals surface area contributed by atoms with Gasteiger partial charge < -0.3 is 39.4 Å². The lowest BCUT2D eigenvalue weighted by atomic mass is 9.75. The SMILES string of the molecule is C[C@@]12O[C@H](CO)[C@@](O)(CO)[C@@](CO)(O1)[C@H](OC(=O)c1ccccc1)[C@H]2OC(=O)c1ccccc1. The van der Waals surface area contributed by atoms with Crippen molar-refractivity contribution in [3.8, 4) is 0 Å². The van der Waals surface area contributed by atoms with Gasteiger partial charge in [-0.1, -0.05) is 36.4 Å². The summed E-state index contributed by atoms with van der Waals surface area (Å²) in [5, 5.41) is 41.8. The highest BCUT2D eigenvalue weighted by molar-refractivity contribution is 5.90. The van der Waals surface area contributed by atoms with Crippen molar-refractivity contribution in [2.45, 2.75) is 42.2 Å². The average molecular weight is 474 g/mol. The first-order valence-corrected chi connectivity index (χ1v) is 10.7. The maximum atomic E-state index is 13.0. The normalized spacial score (nSPS) is 34.4. The van der Waals surface area contributed by atoms with Gasteiger partial charge in [0, 0.05) is 0 Å². The lowest BCUT2D eigenvalue weighted by molar-refractivity contribution is -0.397. The Hall–Kier alpha value is -2.86. The zero-order chi connectivity index (χ0) is 24.6. The van der Waals surface area contributed by atoms with Crippen LogP contribution in [-0.2, 0) is 18.9 Å². The summed E-state index contributed by atoms with van der Waals surface area (Å²) >= 11 is 0. The summed E-state index contributed by atoms with van der Waals surface area (Å²) in [6.07, 6.45) is -4.55. The Balaban J connectivity index is 1.79. The second kappa shape index (κ2) is 9.06. The standard InChI is InChI=1S/C24H26O10/c1-22-18(31-20(28)15-8-4-2-5-9-15)19(32-21(29)16-10-6-3-7-11-16)24(14-27,34-22)23(30,13-26)17(12-25)33-22/h2-11,17-19,25-27,30H,12-14H2,1H3/t17-,18-,19-,22-,23+,24+/m1/s1. The van der Waals surface area contributed by atoms with Gasteiger partial charge in [0.05, 0.1) is 30.9 Å². The lowest BCUT2D eigenvalue weighted by Gasteiger charge is -2.52. The summed E-state index contributed by atoms with van der Waals surface area (Å²) in [4.78, 5) is 25.9. The molecule has 2 fully saturated rings. The number of hydrogen-bond acceptors (Lipinski definition) is 10. The summed E-state index contributed by atoms with van der Waals surface area (Å²) in [5.41, 5.74) is -4.25. The van der Waals surface area contributed by atoms with Gasteiger partial charge in [0.1, 0.15) is 6.10 Å². The Labute approximate surface area is 195 Å². The van der Waals surface area contributed by atoms with E-state index in [4.69, 9.17) is 18.9 Å². The quantitative estimate of drug-likeness (QED) is 0.405. The van der Waals surface area contributed by atoms with Crippen LogP contribution in [0.25, 0.3) is 0 Å². The fourth-order valence-electron chi connectivity index (χ4n) is 4.60. The number of aliphatic hydroxyl groups excluding tert-OH is 3. The smallest absolute Gasteiger partial charge is 0.338 e. The molecule has 0 unspecified atom stereocenters. The van der Waals surface area contributed by atoms with E-state index in [1.807, 2.05) is 0 Å². The summed E-state index contributed by atoms with van der Waals surface area (Å²) < 4.78 is 23.0. The zero-order valence-corrected chi connectivity index (χ0v) is 18.4. The Bertz CT molecular complexity index is 1030. The van der Waals surface area contributed by atoms with Gasteiger partial charge in [-0.25, -0.2) is 9.59 Å².